The molecule has 1 heterocycles. The number of nitrogens with zero attached hydrogens (tertiary/aromatic N) is 1. The summed E-state index contributed by atoms with van der Waals surface area (Å²) >= 11 is 0. The van der Waals surface area contributed by atoms with Crippen molar-refractivity contribution in [1.82, 2.24) is 5.32 Å². The van der Waals surface area contributed by atoms with Crippen molar-refractivity contribution in [2.45, 2.75) is 44.7 Å². The number of pyridine rings is 1. The topological polar surface area (TPSA) is 90.2 Å². The number of carbonyl (C=O) groups excluding carboxylic acids is 1. The number of amides is 1. The Morgan fingerprint density at radius 1 is 0.810 bits per heavy atom. The summed E-state index contributed by atoms with van der Waals surface area (Å²) in [4.78, 5) is 11.7. The van der Waals surface area contributed by atoms with Gasteiger partial charge in [0.05, 0.1) is 6.54 Å². The minimum atomic E-state index is -6.09. The van der Waals surface area contributed by atoms with Gasteiger partial charge in [-0.1, -0.05) is 66.7 Å². The van der Waals surface area contributed by atoms with Crippen LogP contribution >= 0.6 is 0 Å². The van der Waals surface area contributed by atoms with Gasteiger partial charge >= 0.3 is 5.51 Å². The van der Waals surface area contributed by atoms with Crippen LogP contribution in [-0.2, 0) is 47.1 Å². The van der Waals surface area contributed by atoms with E-state index in [9.17, 15) is 18.0 Å². The van der Waals surface area contributed by atoms with Gasteiger partial charge in [0, 0.05) is 34.7 Å². The van der Waals surface area contributed by atoms with Crippen LogP contribution < -0.4 is 9.88 Å². The van der Waals surface area contributed by atoms with E-state index in [-0.39, 0.29) is 5.91 Å². The number of carbonyl (C=O) groups is 1. The molecule has 0 bridgehead atoms. The van der Waals surface area contributed by atoms with Crippen molar-refractivity contribution < 1.29 is 35.5 Å². The molecule has 2 aliphatic rings. The molecule has 6 rings (SSSR count). The highest BCUT2D eigenvalue weighted by atomic mass is 32.2. The molecule has 0 fully saturated rings. The lowest BCUT2D eigenvalue weighted by molar-refractivity contribution is -0.674. The van der Waals surface area contributed by atoms with Crippen LogP contribution in [0.3, 0.4) is 0 Å². The first-order valence-electron chi connectivity index (χ1n) is 13.6. The van der Waals surface area contributed by atoms with E-state index in [0.29, 0.717) is 6.54 Å². The van der Waals surface area contributed by atoms with Crippen LogP contribution in [0.2, 0.25) is 0 Å². The summed E-state index contributed by atoms with van der Waals surface area (Å²) in [7, 11) is -6.09. The number of alkyl halides is 3. The smallest absolute Gasteiger partial charge is 0.485 e. The Kier molecular flexibility index (Phi) is 8.21. The van der Waals surface area contributed by atoms with Crippen LogP contribution in [0.1, 0.15) is 29.2 Å². The van der Waals surface area contributed by atoms with Gasteiger partial charge in [0.15, 0.2) is 16.7 Å². The predicted octanol–water partition coefficient (Wildman–Crippen LogP) is 5.36. The van der Waals surface area contributed by atoms with Crippen molar-refractivity contribution >= 4 is 16.0 Å². The van der Waals surface area contributed by atoms with Gasteiger partial charge in [0.2, 0.25) is 17.3 Å². The van der Waals surface area contributed by atoms with E-state index in [1.807, 2.05) is 0 Å². The highest BCUT2D eigenvalue weighted by Crippen LogP contribution is 2.44. The number of aryl methyl sites for hydroxylation is 2. The van der Waals surface area contributed by atoms with Crippen LogP contribution in [0.15, 0.2) is 78.9 Å². The van der Waals surface area contributed by atoms with Gasteiger partial charge in [-0.15, -0.1) is 0 Å². The molecule has 0 aliphatic heterocycles. The molecule has 6 nitrogen and oxygen atoms in total. The highest BCUT2D eigenvalue weighted by Gasteiger charge is 2.38. The van der Waals surface area contributed by atoms with Crippen LogP contribution in [-0.4, -0.2) is 30.9 Å². The molecule has 2 aliphatic carbocycles. The van der Waals surface area contributed by atoms with E-state index in [1.54, 1.807) is 6.92 Å². The molecule has 0 saturated carbocycles. The van der Waals surface area contributed by atoms with Crippen LogP contribution in [0.4, 0.5) is 13.2 Å². The maximum atomic E-state index is 11.7. The minimum Gasteiger partial charge on any atom is -0.741 e. The standard InChI is InChI=1S/C31H28N2O.CHF3O3S/c1-21(34)32-19-20-33-30-25-13-7-5-9-22(25)15-17-27(30)29(24-11-3-2-4-12-24)28-18-16-23-10-6-8-14-26(23)31(28)33;2-1(3,4)8(5,6)7/h2-14H,15-20H2,1H3;(H,5,6,7). The van der Waals surface area contributed by atoms with Gasteiger partial charge in [-0.25, -0.2) is 8.42 Å². The molecule has 1 amide bonds. The third-order valence-electron chi connectivity index (χ3n) is 7.60. The molecule has 218 valence electrons. The molecule has 3 aromatic carbocycles. The molecule has 1 aromatic heterocycles. The van der Waals surface area contributed by atoms with Gasteiger partial charge in [-0.05, 0) is 54.5 Å². The summed E-state index contributed by atoms with van der Waals surface area (Å²) in [5.41, 5.74) is 8.10. The normalized spacial score (nSPS) is 13.5. The fraction of sp³-hybridized carbons (Fsp3) is 0.250. The summed E-state index contributed by atoms with van der Waals surface area (Å²) in [6, 6.07) is 28.6. The summed E-state index contributed by atoms with van der Waals surface area (Å²) in [6.45, 7) is 2.97. The zero-order valence-corrected chi connectivity index (χ0v) is 23.7. The molecule has 0 radical (unpaired) electrons. The van der Waals surface area contributed by atoms with Crippen molar-refractivity contribution in [2.24, 2.45) is 0 Å². The number of aromatic nitrogens is 1. The lowest BCUT2D eigenvalue weighted by Crippen LogP contribution is -2.47. The second-order valence-corrected chi connectivity index (χ2v) is 11.6. The Hall–Kier alpha value is -4.02. The van der Waals surface area contributed by atoms with E-state index < -0.39 is 15.6 Å². The Bertz CT molecular complexity index is 1680. The average Bonchev–Trinajstić information content (AvgIpc) is 2.96. The fourth-order valence-electron chi connectivity index (χ4n) is 5.94. The fourth-order valence-corrected chi connectivity index (χ4v) is 5.94. The van der Waals surface area contributed by atoms with E-state index in [1.165, 1.54) is 55.9 Å². The van der Waals surface area contributed by atoms with Gasteiger partial charge in [-0.3, -0.25) is 4.79 Å². The van der Waals surface area contributed by atoms with Crippen molar-refractivity contribution in [2.75, 3.05) is 6.54 Å². The van der Waals surface area contributed by atoms with Crippen LogP contribution in [0.5, 0.6) is 0 Å². The number of fused-ring (bicyclic) bond motifs is 6. The molecular formula is C32H29F3N2O4S. The summed E-state index contributed by atoms with van der Waals surface area (Å²) in [5.74, 6) is 0.0186. The minimum absolute atomic E-state index is 0.0186. The third-order valence-corrected chi connectivity index (χ3v) is 8.17. The molecular weight excluding hydrogens is 565 g/mol. The molecule has 42 heavy (non-hydrogen) atoms. The van der Waals surface area contributed by atoms with E-state index in [4.69, 9.17) is 13.0 Å². The van der Waals surface area contributed by atoms with Gasteiger partial charge in [-0.2, -0.15) is 17.7 Å². The van der Waals surface area contributed by atoms with Gasteiger partial charge in [0.25, 0.3) is 0 Å². The lowest BCUT2D eigenvalue weighted by Gasteiger charge is -2.28. The summed E-state index contributed by atoms with van der Waals surface area (Å²) in [5, 5.41) is 3.04. The van der Waals surface area contributed by atoms with Crippen molar-refractivity contribution in [3.05, 3.63) is 101 Å². The van der Waals surface area contributed by atoms with E-state index >= 15 is 0 Å². The number of hydrogen-bond acceptors (Lipinski definition) is 4. The zero-order chi connectivity index (χ0) is 30.1. The first kappa shape index (κ1) is 29.5. The Morgan fingerprint density at radius 3 is 1.71 bits per heavy atom. The summed E-state index contributed by atoms with van der Waals surface area (Å²) in [6.07, 6.45) is 4.19. The first-order valence-corrected chi connectivity index (χ1v) is 15.0. The number of rotatable bonds is 4. The Morgan fingerprint density at radius 2 is 1.26 bits per heavy atom. The molecule has 1 N–H and O–H groups in total. The number of nitrogens with one attached hydrogen (secondary N) is 1. The number of hydrogen-bond donors (Lipinski definition) is 1. The number of benzene rings is 3. The maximum absolute atomic E-state index is 11.7. The molecule has 0 saturated heterocycles. The quantitative estimate of drug-likeness (QED) is 0.196. The largest absolute Gasteiger partial charge is 0.741 e. The van der Waals surface area contributed by atoms with Crippen LogP contribution in [0, 0.1) is 0 Å². The van der Waals surface area contributed by atoms with E-state index in [2.05, 4.69) is 88.7 Å². The molecule has 0 atom stereocenters. The van der Waals surface area contributed by atoms with Gasteiger partial charge in [0.1, 0.15) is 0 Å². The Balaban J connectivity index is 0.000000390. The number of halogens is 3. The highest BCUT2D eigenvalue weighted by molar-refractivity contribution is 7.86. The van der Waals surface area contributed by atoms with Crippen molar-refractivity contribution in [3.63, 3.8) is 0 Å². The Labute approximate surface area is 242 Å². The monoisotopic (exact) mass is 594 g/mol. The lowest BCUT2D eigenvalue weighted by atomic mass is 9.77. The van der Waals surface area contributed by atoms with Crippen LogP contribution in [0.25, 0.3) is 33.6 Å². The first-order chi connectivity index (χ1) is 20.0. The molecule has 4 aromatic rings. The maximum Gasteiger partial charge on any atom is 0.485 e. The SMILES string of the molecule is CC(=O)NCC[n+]1c2c(c(-c3ccccc3)c3c1-c1ccccc1CC3)CCc1ccccc1-2.O=S(=O)([O-])C(F)(F)F. The predicted molar refractivity (Wildman–Crippen MR) is 152 cm³/mol. The van der Waals surface area contributed by atoms with Crippen molar-refractivity contribution in [3.8, 4) is 33.6 Å². The van der Waals surface area contributed by atoms with Gasteiger partial charge < -0.3 is 9.87 Å². The van der Waals surface area contributed by atoms with E-state index in [0.717, 1.165) is 32.2 Å². The second-order valence-electron chi connectivity index (χ2n) is 10.2. The average molecular weight is 595 g/mol. The molecule has 10 heteroatoms. The van der Waals surface area contributed by atoms with Crippen molar-refractivity contribution in [1.29, 1.82) is 0 Å². The zero-order valence-electron chi connectivity index (χ0n) is 22.9. The molecule has 0 unspecified atom stereocenters. The summed E-state index contributed by atoms with van der Waals surface area (Å²) < 4.78 is 61.4. The second kappa shape index (κ2) is 11.7. The third kappa shape index (κ3) is 5.82. The molecule has 0 spiro atoms.